The van der Waals surface area contributed by atoms with E-state index in [1.807, 2.05) is 41.1 Å². The van der Waals surface area contributed by atoms with Gasteiger partial charge in [0.15, 0.2) is 0 Å². The van der Waals surface area contributed by atoms with Crippen molar-refractivity contribution in [3.05, 3.63) is 66.0 Å². The number of hydrogen-bond acceptors (Lipinski definition) is 2. The molecule has 6 heteroatoms. The summed E-state index contributed by atoms with van der Waals surface area (Å²) in [4.78, 5) is 27.9. The number of para-hydroxylation sites is 1. The number of nitrogens with one attached hydrogen (secondary N) is 3. The lowest BCUT2D eigenvalue weighted by atomic mass is 9.91. The van der Waals surface area contributed by atoms with E-state index >= 15 is 0 Å². The zero-order chi connectivity index (χ0) is 20.7. The molecule has 6 nitrogen and oxygen atoms in total. The Morgan fingerprint density at radius 1 is 1.10 bits per heavy atom. The van der Waals surface area contributed by atoms with Crippen molar-refractivity contribution >= 4 is 39.3 Å². The number of benzene rings is 2. The first-order valence-electron chi connectivity index (χ1n) is 10.3. The molecule has 2 heterocycles. The Bertz CT molecular complexity index is 1270. The van der Waals surface area contributed by atoms with Gasteiger partial charge in [-0.05, 0) is 49.1 Å². The average Bonchev–Trinajstić information content (AvgIpc) is 3.31. The van der Waals surface area contributed by atoms with Gasteiger partial charge in [0.2, 0.25) is 11.8 Å². The van der Waals surface area contributed by atoms with E-state index < -0.39 is 0 Å². The fraction of sp³-hybridized carbons (Fsp3) is 0.250. The molecule has 4 aromatic rings. The first-order valence-corrected chi connectivity index (χ1v) is 10.3. The van der Waals surface area contributed by atoms with E-state index in [4.69, 9.17) is 0 Å². The maximum atomic E-state index is 12.9. The largest absolute Gasteiger partial charge is 0.356 e. The van der Waals surface area contributed by atoms with Crippen LogP contribution in [0.15, 0.2) is 54.7 Å². The molecule has 0 fully saturated rings. The third-order valence-electron chi connectivity index (χ3n) is 5.89. The monoisotopic (exact) mass is 400 g/mol. The molecular weight excluding hydrogens is 376 g/mol. The summed E-state index contributed by atoms with van der Waals surface area (Å²) in [6.07, 6.45) is 4.93. The van der Waals surface area contributed by atoms with Crippen LogP contribution in [0.25, 0.3) is 21.8 Å². The van der Waals surface area contributed by atoms with Crippen molar-refractivity contribution in [2.45, 2.75) is 38.8 Å². The maximum Gasteiger partial charge on any atom is 0.240 e. The number of aromatic amines is 1. The topological polar surface area (TPSA) is 78.9 Å². The Morgan fingerprint density at radius 2 is 1.97 bits per heavy atom. The van der Waals surface area contributed by atoms with E-state index in [1.165, 1.54) is 17.9 Å². The summed E-state index contributed by atoms with van der Waals surface area (Å²) >= 11 is 0. The van der Waals surface area contributed by atoms with E-state index in [-0.39, 0.29) is 24.4 Å². The molecule has 2 aromatic heterocycles. The molecule has 2 amide bonds. The molecule has 3 N–H and O–H groups in total. The summed E-state index contributed by atoms with van der Waals surface area (Å²) in [6.45, 7) is 1.73. The molecule has 0 bridgehead atoms. The van der Waals surface area contributed by atoms with E-state index in [0.717, 1.165) is 47.1 Å². The number of aromatic nitrogens is 2. The van der Waals surface area contributed by atoms with E-state index in [2.05, 4.69) is 33.8 Å². The number of aryl methyl sites for hydroxylation is 1. The molecule has 0 saturated heterocycles. The molecule has 0 unspecified atom stereocenters. The number of H-pyrrole nitrogens is 1. The number of nitrogens with zero attached hydrogens (tertiary/aromatic N) is 1. The van der Waals surface area contributed by atoms with Crippen molar-refractivity contribution in [2.75, 3.05) is 5.32 Å². The highest BCUT2D eigenvalue weighted by Gasteiger charge is 2.25. The smallest absolute Gasteiger partial charge is 0.240 e. The second-order valence-corrected chi connectivity index (χ2v) is 7.94. The zero-order valence-corrected chi connectivity index (χ0v) is 16.9. The Hall–Kier alpha value is -3.54. The van der Waals surface area contributed by atoms with Crippen LogP contribution in [0.4, 0.5) is 5.69 Å². The van der Waals surface area contributed by atoms with E-state index in [0.29, 0.717) is 0 Å². The molecule has 1 aliphatic carbocycles. The number of amides is 2. The van der Waals surface area contributed by atoms with Crippen molar-refractivity contribution < 1.29 is 9.59 Å². The molecule has 152 valence electrons. The van der Waals surface area contributed by atoms with Crippen LogP contribution in [-0.2, 0) is 22.6 Å². The summed E-state index contributed by atoms with van der Waals surface area (Å²) in [5.74, 6) is -0.131. The van der Waals surface area contributed by atoms with Gasteiger partial charge in [0.25, 0.3) is 0 Å². The van der Waals surface area contributed by atoms with Gasteiger partial charge in [-0.2, -0.15) is 0 Å². The van der Waals surface area contributed by atoms with Crippen LogP contribution in [0.3, 0.4) is 0 Å². The predicted octanol–water partition coefficient (Wildman–Crippen LogP) is 4.27. The quantitative estimate of drug-likeness (QED) is 0.478. The van der Waals surface area contributed by atoms with Gasteiger partial charge in [0.05, 0.1) is 17.2 Å². The third kappa shape index (κ3) is 3.24. The van der Waals surface area contributed by atoms with Gasteiger partial charge in [0.1, 0.15) is 6.54 Å². The predicted molar refractivity (Wildman–Crippen MR) is 118 cm³/mol. The SMILES string of the molecule is CC(=O)Nc1cccc2c1ccn2CC(=O)N[C@@H]1CCCc2c1[nH]c1ccccc21. The fourth-order valence-electron chi connectivity index (χ4n) is 4.61. The number of carbonyl (C=O) groups is 2. The van der Waals surface area contributed by atoms with Gasteiger partial charge in [-0.1, -0.05) is 24.3 Å². The molecule has 1 aliphatic rings. The second-order valence-electron chi connectivity index (χ2n) is 7.94. The maximum absolute atomic E-state index is 12.9. The first kappa shape index (κ1) is 18.5. The molecule has 5 rings (SSSR count). The van der Waals surface area contributed by atoms with Crippen LogP contribution in [0.1, 0.15) is 37.1 Å². The summed E-state index contributed by atoms with van der Waals surface area (Å²) in [5, 5.41) is 8.26. The number of anilines is 1. The number of fused-ring (bicyclic) bond motifs is 4. The number of hydrogen-bond donors (Lipinski definition) is 3. The molecule has 2 aromatic carbocycles. The molecular formula is C24H24N4O2. The van der Waals surface area contributed by atoms with Crippen molar-refractivity contribution in [1.29, 1.82) is 0 Å². The van der Waals surface area contributed by atoms with Gasteiger partial charge >= 0.3 is 0 Å². The summed E-state index contributed by atoms with van der Waals surface area (Å²) < 4.78 is 1.92. The lowest BCUT2D eigenvalue weighted by molar-refractivity contribution is -0.122. The lowest BCUT2D eigenvalue weighted by Crippen LogP contribution is -2.33. The molecule has 0 spiro atoms. The first-order chi connectivity index (χ1) is 14.6. The minimum atomic E-state index is -0.112. The normalized spacial score (nSPS) is 15.8. The lowest BCUT2D eigenvalue weighted by Gasteiger charge is -2.24. The summed E-state index contributed by atoms with van der Waals surface area (Å²) in [7, 11) is 0. The standard InChI is InChI=1S/C24H24N4O2/c1-15(29)25-20-9-5-11-22-18(20)12-13-28(22)14-23(30)26-21-10-4-7-17-16-6-2-3-8-19(16)27-24(17)21/h2-3,5-6,8-9,11-13,21,27H,4,7,10,14H2,1H3,(H,25,29)(H,26,30)/t21-/m1/s1. The Kier molecular flexibility index (Phi) is 4.54. The summed E-state index contributed by atoms with van der Waals surface area (Å²) in [5.41, 5.74) is 5.28. The highest BCUT2D eigenvalue weighted by molar-refractivity contribution is 6.01. The second kappa shape index (κ2) is 7.37. The van der Waals surface area contributed by atoms with Gasteiger partial charge in [-0.3, -0.25) is 9.59 Å². The van der Waals surface area contributed by atoms with Crippen LogP contribution >= 0.6 is 0 Å². The van der Waals surface area contributed by atoms with Crippen molar-refractivity contribution in [2.24, 2.45) is 0 Å². The van der Waals surface area contributed by atoms with Gasteiger partial charge in [-0.15, -0.1) is 0 Å². The van der Waals surface area contributed by atoms with Crippen molar-refractivity contribution in [1.82, 2.24) is 14.9 Å². The van der Waals surface area contributed by atoms with Gasteiger partial charge in [0, 0.05) is 35.1 Å². The van der Waals surface area contributed by atoms with Crippen LogP contribution in [0.2, 0.25) is 0 Å². The van der Waals surface area contributed by atoms with Crippen LogP contribution in [-0.4, -0.2) is 21.4 Å². The zero-order valence-electron chi connectivity index (χ0n) is 16.9. The van der Waals surface area contributed by atoms with E-state index in [9.17, 15) is 9.59 Å². The Morgan fingerprint density at radius 3 is 2.83 bits per heavy atom. The average molecular weight is 400 g/mol. The van der Waals surface area contributed by atoms with Crippen LogP contribution in [0, 0.1) is 0 Å². The third-order valence-corrected chi connectivity index (χ3v) is 5.89. The van der Waals surface area contributed by atoms with Gasteiger partial charge < -0.3 is 20.2 Å². The van der Waals surface area contributed by atoms with E-state index in [1.54, 1.807) is 0 Å². The fourth-order valence-corrected chi connectivity index (χ4v) is 4.61. The van der Waals surface area contributed by atoms with Crippen molar-refractivity contribution in [3.8, 4) is 0 Å². The number of carbonyl (C=O) groups excluding carboxylic acids is 2. The van der Waals surface area contributed by atoms with Crippen LogP contribution < -0.4 is 10.6 Å². The van der Waals surface area contributed by atoms with Crippen molar-refractivity contribution in [3.63, 3.8) is 0 Å². The molecule has 1 atom stereocenters. The summed E-state index contributed by atoms with van der Waals surface area (Å²) in [6, 6.07) is 16.0. The molecule has 0 radical (unpaired) electrons. The number of rotatable bonds is 4. The Labute approximate surface area is 174 Å². The van der Waals surface area contributed by atoms with Gasteiger partial charge in [-0.25, -0.2) is 0 Å². The highest BCUT2D eigenvalue weighted by atomic mass is 16.2. The minimum absolute atomic E-state index is 0.00502. The van der Waals surface area contributed by atoms with Crippen LogP contribution in [0.5, 0.6) is 0 Å². The Balaban J connectivity index is 1.37. The molecule has 0 saturated carbocycles. The highest BCUT2D eigenvalue weighted by Crippen LogP contribution is 2.34. The molecule has 30 heavy (non-hydrogen) atoms. The minimum Gasteiger partial charge on any atom is -0.356 e. The molecule has 0 aliphatic heterocycles.